The SMILES string of the molecule is CC.CCCC(CCO)Nc1nc(N)ncc1OCc1cccc(C)c1. The number of aliphatic hydroxyl groups is 1. The Hall–Kier alpha value is -2.34. The summed E-state index contributed by atoms with van der Waals surface area (Å²) in [6, 6.07) is 8.27. The van der Waals surface area contributed by atoms with Crippen molar-refractivity contribution in [2.24, 2.45) is 0 Å². The number of nitrogens with two attached hydrogens (primary N) is 1. The van der Waals surface area contributed by atoms with Crippen LogP contribution in [0.3, 0.4) is 0 Å². The Morgan fingerprint density at radius 1 is 1.27 bits per heavy atom. The molecule has 0 saturated carbocycles. The highest BCUT2D eigenvalue weighted by Crippen LogP contribution is 2.25. The fourth-order valence-electron chi connectivity index (χ4n) is 2.54. The summed E-state index contributed by atoms with van der Waals surface area (Å²) in [5.41, 5.74) is 7.98. The molecule has 1 unspecified atom stereocenters. The van der Waals surface area contributed by atoms with Crippen LogP contribution in [0.5, 0.6) is 5.75 Å². The summed E-state index contributed by atoms with van der Waals surface area (Å²) in [6.07, 6.45) is 4.18. The molecule has 26 heavy (non-hydrogen) atoms. The van der Waals surface area contributed by atoms with Crippen LogP contribution in [0.25, 0.3) is 0 Å². The van der Waals surface area contributed by atoms with E-state index in [1.54, 1.807) is 6.20 Å². The molecule has 0 amide bonds. The molecule has 0 aliphatic carbocycles. The van der Waals surface area contributed by atoms with Gasteiger partial charge in [-0.05, 0) is 25.3 Å². The maximum atomic E-state index is 9.21. The van der Waals surface area contributed by atoms with Crippen molar-refractivity contribution in [3.05, 3.63) is 41.6 Å². The van der Waals surface area contributed by atoms with Gasteiger partial charge in [0.1, 0.15) is 6.61 Å². The van der Waals surface area contributed by atoms with Gasteiger partial charge in [0.05, 0.1) is 6.20 Å². The van der Waals surface area contributed by atoms with Gasteiger partial charge in [-0.1, -0.05) is 57.0 Å². The molecule has 1 aromatic carbocycles. The van der Waals surface area contributed by atoms with Crippen molar-refractivity contribution in [3.8, 4) is 5.75 Å². The highest BCUT2D eigenvalue weighted by molar-refractivity contribution is 5.51. The average molecular weight is 361 g/mol. The maximum absolute atomic E-state index is 9.21. The monoisotopic (exact) mass is 360 g/mol. The van der Waals surface area contributed by atoms with E-state index < -0.39 is 0 Å². The smallest absolute Gasteiger partial charge is 0.222 e. The summed E-state index contributed by atoms with van der Waals surface area (Å²) in [4.78, 5) is 8.28. The first-order valence-corrected chi connectivity index (χ1v) is 9.30. The van der Waals surface area contributed by atoms with E-state index in [9.17, 15) is 5.11 Å². The lowest BCUT2D eigenvalue weighted by molar-refractivity contribution is 0.275. The summed E-state index contributed by atoms with van der Waals surface area (Å²) in [7, 11) is 0. The Kier molecular flexibility index (Phi) is 10.1. The number of nitrogens with zero attached hydrogens (tertiary/aromatic N) is 2. The highest BCUT2D eigenvalue weighted by atomic mass is 16.5. The molecule has 0 bridgehead atoms. The summed E-state index contributed by atoms with van der Waals surface area (Å²) in [5, 5.41) is 12.5. The van der Waals surface area contributed by atoms with Crippen LogP contribution in [0, 0.1) is 6.92 Å². The zero-order valence-electron chi connectivity index (χ0n) is 16.3. The Morgan fingerprint density at radius 2 is 2.04 bits per heavy atom. The van der Waals surface area contributed by atoms with Gasteiger partial charge in [0.15, 0.2) is 11.6 Å². The van der Waals surface area contributed by atoms with Gasteiger partial charge in [0, 0.05) is 12.6 Å². The molecule has 0 radical (unpaired) electrons. The molecule has 1 atom stereocenters. The number of nitrogens with one attached hydrogen (secondary N) is 1. The van der Waals surface area contributed by atoms with Gasteiger partial charge in [-0.25, -0.2) is 4.98 Å². The van der Waals surface area contributed by atoms with E-state index in [0.29, 0.717) is 24.6 Å². The molecular formula is C20H32N4O2. The molecule has 0 aliphatic heterocycles. The summed E-state index contributed by atoms with van der Waals surface area (Å²) < 4.78 is 5.88. The normalized spacial score (nSPS) is 11.3. The van der Waals surface area contributed by atoms with E-state index in [1.807, 2.05) is 39.0 Å². The third-order valence-corrected chi connectivity index (χ3v) is 3.71. The van der Waals surface area contributed by atoms with Crippen LogP contribution in [-0.4, -0.2) is 27.7 Å². The standard InChI is InChI=1S/C18H26N4O2.C2H6/c1-3-5-15(8-9-23)21-17-16(11-20-18(19)22-17)24-12-14-7-4-6-13(2)10-14;1-2/h4,6-7,10-11,15,23H,3,5,8-9,12H2,1-2H3,(H3,19,20,21,22);1-2H3. The molecule has 144 valence electrons. The van der Waals surface area contributed by atoms with Crippen LogP contribution < -0.4 is 15.8 Å². The zero-order chi connectivity index (χ0) is 19.4. The van der Waals surface area contributed by atoms with Crippen LogP contribution in [0.15, 0.2) is 30.5 Å². The Balaban J connectivity index is 0.00000163. The fraction of sp³-hybridized carbons (Fsp3) is 0.500. The maximum Gasteiger partial charge on any atom is 0.222 e. The Labute approximate surface area is 156 Å². The summed E-state index contributed by atoms with van der Waals surface area (Å²) in [5.74, 6) is 1.33. The number of benzene rings is 1. The number of ether oxygens (including phenoxy) is 1. The minimum atomic E-state index is 0.121. The van der Waals surface area contributed by atoms with Crippen LogP contribution in [0.4, 0.5) is 11.8 Å². The third kappa shape index (κ3) is 7.27. The first kappa shape index (κ1) is 21.7. The second kappa shape index (κ2) is 12.1. The number of anilines is 2. The van der Waals surface area contributed by atoms with Gasteiger partial charge in [0.2, 0.25) is 5.95 Å². The molecule has 2 aromatic rings. The Morgan fingerprint density at radius 3 is 2.69 bits per heavy atom. The molecule has 2 rings (SSSR count). The third-order valence-electron chi connectivity index (χ3n) is 3.71. The largest absolute Gasteiger partial charge is 0.483 e. The highest BCUT2D eigenvalue weighted by Gasteiger charge is 2.13. The molecule has 0 saturated heterocycles. The fourth-order valence-corrected chi connectivity index (χ4v) is 2.54. The second-order valence-electron chi connectivity index (χ2n) is 5.86. The first-order valence-electron chi connectivity index (χ1n) is 9.30. The van der Waals surface area contributed by atoms with E-state index in [1.165, 1.54) is 5.56 Å². The minimum absolute atomic E-state index is 0.121. The Bertz CT molecular complexity index is 643. The number of aliphatic hydroxyl groups excluding tert-OH is 1. The molecule has 1 aromatic heterocycles. The predicted octanol–water partition coefficient (Wildman–Crippen LogP) is 3.94. The molecule has 4 N–H and O–H groups in total. The topological polar surface area (TPSA) is 93.3 Å². The molecule has 6 nitrogen and oxygen atoms in total. The van der Waals surface area contributed by atoms with Gasteiger partial charge in [0.25, 0.3) is 0 Å². The summed E-state index contributed by atoms with van der Waals surface area (Å²) >= 11 is 0. The first-order chi connectivity index (χ1) is 12.6. The molecular weight excluding hydrogens is 328 g/mol. The molecule has 1 heterocycles. The van der Waals surface area contributed by atoms with E-state index >= 15 is 0 Å². The quantitative estimate of drug-likeness (QED) is 0.627. The van der Waals surface area contributed by atoms with Gasteiger partial charge in [-0.15, -0.1) is 0 Å². The van der Waals surface area contributed by atoms with Crippen LogP contribution in [-0.2, 0) is 6.61 Å². The van der Waals surface area contributed by atoms with Crippen molar-refractivity contribution in [2.75, 3.05) is 17.7 Å². The number of aryl methyl sites for hydroxylation is 1. The van der Waals surface area contributed by atoms with Crippen LogP contribution >= 0.6 is 0 Å². The zero-order valence-corrected chi connectivity index (χ0v) is 16.3. The summed E-state index contributed by atoms with van der Waals surface area (Å²) in [6.45, 7) is 8.71. The molecule has 6 heteroatoms. The van der Waals surface area contributed by atoms with Gasteiger partial charge < -0.3 is 20.9 Å². The lowest BCUT2D eigenvalue weighted by Crippen LogP contribution is -2.22. The van der Waals surface area contributed by atoms with Crippen molar-refractivity contribution in [1.29, 1.82) is 0 Å². The minimum Gasteiger partial charge on any atom is -0.483 e. The second-order valence-corrected chi connectivity index (χ2v) is 5.86. The number of nitrogen functional groups attached to an aromatic ring is 1. The van der Waals surface area contributed by atoms with E-state index in [-0.39, 0.29) is 18.6 Å². The van der Waals surface area contributed by atoms with Gasteiger partial charge >= 0.3 is 0 Å². The van der Waals surface area contributed by atoms with Gasteiger partial charge in [-0.2, -0.15) is 4.98 Å². The van der Waals surface area contributed by atoms with E-state index in [4.69, 9.17) is 10.5 Å². The van der Waals surface area contributed by atoms with Crippen molar-refractivity contribution < 1.29 is 9.84 Å². The number of hydrogen-bond donors (Lipinski definition) is 3. The molecule has 0 spiro atoms. The molecule has 0 aliphatic rings. The lowest BCUT2D eigenvalue weighted by Gasteiger charge is -2.20. The molecule has 0 fully saturated rings. The number of aromatic nitrogens is 2. The van der Waals surface area contributed by atoms with E-state index in [0.717, 1.165) is 18.4 Å². The van der Waals surface area contributed by atoms with Crippen LogP contribution in [0.1, 0.15) is 51.2 Å². The van der Waals surface area contributed by atoms with Crippen molar-refractivity contribution >= 4 is 11.8 Å². The van der Waals surface area contributed by atoms with Crippen molar-refractivity contribution in [2.45, 2.75) is 59.6 Å². The average Bonchev–Trinajstić information content (AvgIpc) is 2.63. The van der Waals surface area contributed by atoms with Gasteiger partial charge in [-0.3, -0.25) is 0 Å². The van der Waals surface area contributed by atoms with Crippen molar-refractivity contribution in [3.63, 3.8) is 0 Å². The predicted molar refractivity (Wildman–Crippen MR) is 107 cm³/mol. The number of hydrogen-bond acceptors (Lipinski definition) is 6. The lowest BCUT2D eigenvalue weighted by atomic mass is 10.1. The number of rotatable bonds is 9. The van der Waals surface area contributed by atoms with Crippen molar-refractivity contribution in [1.82, 2.24) is 9.97 Å². The van der Waals surface area contributed by atoms with Crippen LogP contribution in [0.2, 0.25) is 0 Å². The van der Waals surface area contributed by atoms with E-state index in [2.05, 4.69) is 28.3 Å².